The Morgan fingerprint density at radius 2 is 1.77 bits per heavy atom. The number of hydrogen-bond donors (Lipinski definition) is 1. The fourth-order valence-corrected chi connectivity index (χ4v) is 2.27. The van der Waals surface area contributed by atoms with Crippen molar-refractivity contribution in [2.75, 3.05) is 5.32 Å². The fourth-order valence-electron chi connectivity index (χ4n) is 2.27. The fraction of sp³-hybridized carbons (Fsp3) is 0.222. The van der Waals surface area contributed by atoms with E-state index < -0.39 is 11.7 Å². The van der Waals surface area contributed by atoms with E-state index >= 15 is 0 Å². The third kappa shape index (κ3) is 4.01. The second-order valence-electron chi connectivity index (χ2n) is 5.06. The molecule has 0 aliphatic heterocycles. The number of halogens is 1. The Bertz CT molecular complexity index is 668. The molecule has 3 nitrogen and oxygen atoms in total. The summed E-state index contributed by atoms with van der Waals surface area (Å²) in [6.07, 6.45) is 1.24. The highest BCUT2D eigenvalue weighted by Gasteiger charge is 2.18. The Labute approximate surface area is 129 Å². The van der Waals surface area contributed by atoms with Crippen LogP contribution in [0.15, 0.2) is 48.5 Å². The second-order valence-corrected chi connectivity index (χ2v) is 5.06. The maximum atomic E-state index is 14.1. The van der Waals surface area contributed by atoms with E-state index in [1.165, 1.54) is 12.1 Å². The molecule has 114 valence electrons. The number of benzene rings is 2. The number of carbonyl (C=O) groups is 2. The number of ketones is 1. The molecule has 0 unspecified atom stereocenters. The first-order valence-corrected chi connectivity index (χ1v) is 7.27. The summed E-state index contributed by atoms with van der Waals surface area (Å²) in [5.74, 6) is -1.15. The van der Waals surface area contributed by atoms with Gasteiger partial charge in [-0.25, -0.2) is 4.39 Å². The average molecular weight is 299 g/mol. The van der Waals surface area contributed by atoms with Crippen molar-refractivity contribution in [2.45, 2.75) is 26.2 Å². The highest BCUT2D eigenvalue weighted by atomic mass is 19.1. The quantitative estimate of drug-likeness (QED) is 0.876. The number of carbonyl (C=O) groups excluding carboxylic acids is 2. The van der Waals surface area contributed by atoms with E-state index in [9.17, 15) is 14.0 Å². The van der Waals surface area contributed by atoms with Gasteiger partial charge in [0.05, 0.1) is 5.56 Å². The van der Waals surface area contributed by atoms with Crippen molar-refractivity contribution in [2.24, 2.45) is 0 Å². The average Bonchev–Trinajstić information content (AvgIpc) is 2.48. The molecule has 0 bridgehead atoms. The van der Waals surface area contributed by atoms with Gasteiger partial charge in [0, 0.05) is 18.5 Å². The Morgan fingerprint density at radius 1 is 1.05 bits per heavy atom. The molecule has 0 radical (unpaired) electrons. The van der Waals surface area contributed by atoms with Crippen LogP contribution in [0.25, 0.3) is 0 Å². The van der Waals surface area contributed by atoms with Crippen molar-refractivity contribution >= 4 is 17.4 Å². The van der Waals surface area contributed by atoms with Crippen molar-refractivity contribution in [1.29, 1.82) is 0 Å². The number of nitrogens with one attached hydrogen (secondary N) is 1. The summed E-state index contributed by atoms with van der Waals surface area (Å²) in [6, 6.07) is 13.2. The Kier molecular flexibility index (Phi) is 5.42. The molecule has 2 aromatic rings. The van der Waals surface area contributed by atoms with Crippen molar-refractivity contribution in [3.8, 4) is 0 Å². The summed E-state index contributed by atoms with van der Waals surface area (Å²) in [7, 11) is 0. The summed E-state index contributed by atoms with van der Waals surface area (Å²) in [5.41, 5.74) is 0.948. The monoisotopic (exact) mass is 299 g/mol. The molecule has 22 heavy (non-hydrogen) atoms. The minimum atomic E-state index is -0.616. The highest BCUT2D eigenvalue weighted by Crippen LogP contribution is 2.18. The Morgan fingerprint density at radius 3 is 2.45 bits per heavy atom. The van der Waals surface area contributed by atoms with Crippen LogP contribution < -0.4 is 5.32 Å². The topological polar surface area (TPSA) is 46.2 Å². The molecule has 0 saturated heterocycles. The van der Waals surface area contributed by atoms with E-state index in [1.807, 2.05) is 13.0 Å². The molecule has 0 spiro atoms. The lowest BCUT2D eigenvalue weighted by Gasteiger charge is -2.11. The van der Waals surface area contributed by atoms with Crippen LogP contribution in [0.3, 0.4) is 0 Å². The Hall–Kier alpha value is -2.49. The number of hydrogen-bond acceptors (Lipinski definition) is 2. The van der Waals surface area contributed by atoms with Gasteiger partial charge >= 0.3 is 0 Å². The van der Waals surface area contributed by atoms with Gasteiger partial charge < -0.3 is 5.32 Å². The van der Waals surface area contributed by atoms with Crippen molar-refractivity contribution in [3.63, 3.8) is 0 Å². The maximum absolute atomic E-state index is 14.1. The van der Waals surface area contributed by atoms with Gasteiger partial charge in [-0.05, 0) is 30.2 Å². The van der Waals surface area contributed by atoms with E-state index in [1.54, 1.807) is 30.3 Å². The van der Waals surface area contributed by atoms with Crippen LogP contribution in [0.5, 0.6) is 0 Å². The molecule has 0 aliphatic carbocycles. The van der Waals surface area contributed by atoms with Gasteiger partial charge in [-0.1, -0.05) is 37.3 Å². The molecule has 0 fully saturated rings. The van der Waals surface area contributed by atoms with E-state index in [-0.39, 0.29) is 17.8 Å². The predicted molar refractivity (Wildman–Crippen MR) is 84.4 cm³/mol. The molecule has 4 heteroatoms. The summed E-state index contributed by atoms with van der Waals surface area (Å²) in [5, 5.41) is 2.65. The van der Waals surface area contributed by atoms with Gasteiger partial charge in [0.15, 0.2) is 0 Å². The molecular weight excluding hydrogens is 281 g/mol. The van der Waals surface area contributed by atoms with Crippen LogP contribution in [0.4, 0.5) is 10.1 Å². The van der Waals surface area contributed by atoms with Crippen LogP contribution in [0.1, 0.15) is 35.7 Å². The summed E-state index contributed by atoms with van der Waals surface area (Å²) in [6.45, 7) is 1.91. The highest BCUT2D eigenvalue weighted by molar-refractivity contribution is 6.06. The standard InChI is InChI=1S/C18H18FNO2/c1-2-7-15(21)12-13-8-6-11-16(19)17(13)18(22)20-14-9-4-3-5-10-14/h3-6,8-11H,2,7,12H2,1H3,(H,20,22). The zero-order chi connectivity index (χ0) is 15.9. The summed E-state index contributed by atoms with van der Waals surface area (Å²) >= 11 is 0. The number of para-hydroxylation sites is 1. The smallest absolute Gasteiger partial charge is 0.258 e. The lowest BCUT2D eigenvalue weighted by Crippen LogP contribution is -2.17. The molecule has 2 aromatic carbocycles. The first-order valence-electron chi connectivity index (χ1n) is 7.27. The predicted octanol–water partition coefficient (Wildman–Crippen LogP) is 3.99. The van der Waals surface area contributed by atoms with E-state index in [0.29, 0.717) is 17.7 Å². The molecule has 0 atom stereocenters. The van der Waals surface area contributed by atoms with Gasteiger partial charge in [-0.2, -0.15) is 0 Å². The van der Waals surface area contributed by atoms with Crippen LogP contribution in [-0.2, 0) is 11.2 Å². The zero-order valence-electron chi connectivity index (χ0n) is 12.4. The summed E-state index contributed by atoms with van der Waals surface area (Å²) in [4.78, 5) is 24.1. The van der Waals surface area contributed by atoms with Crippen LogP contribution in [0, 0.1) is 5.82 Å². The summed E-state index contributed by atoms with van der Waals surface area (Å²) < 4.78 is 14.1. The number of amides is 1. The molecule has 1 amide bonds. The van der Waals surface area contributed by atoms with Crippen molar-refractivity contribution in [1.82, 2.24) is 0 Å². The minimum Gasteiger partial charge on any atom is -0.322 e. The lowest BCUT2D eigenvalue weighted by molar-refractivity contribution is -0.118. The zero-order valence-corrected chi connectivity index (χ0v) is 12.4. The molecule has 2 rings (SSSR count). The van der Waals surface area contributed by atoms with Crippen LogP contribution in [0.2, 0.25) is 0 Å². The van der Waals surface area contributed by atoms with Crippen molar-refractivity contribution < 1.29 is 14.0 Å². The van der Waals surface area contributed by atoms with Crippen LogP contribution in [-0.4, -0.2) is 11.7 Å². The second kappa shape index (κ2) is 7.50. The molecule has 0 saturated carbocycles. The first-order chi connectivity index (χ1) is 10.6. The molecular formula is C18H18FNO2. The molecule has 0 aromatic heterocycles. The van der Waals surface area contributed by atoms with Crippen LogP contribution >= 0.6 is 0 Å². The minimum absolute atomic E-state index is 0.00172. The molecule has 1 N–H and O–H groups in total. The molecule has 0 aliphatic rings. The third-order valence-electron chi connectivity index (χ3n) is 3.28. The SMILES string of the molecule is CCCC(=O)Cc1cccc(F)c1C(=O)Nc1ccccc1. The Balaban J connectivity index is 2.25. The lowest BCUT2D eigenvalue weighted by atomic mass is 9.99. The van der Waals surface area contributed by atoms with Crippen molar-refractivity contribution in [3.05, 3.63) is 65.5 Å². The first kappa shape index (κ1) is 15.9. The maximum Gasteiger partial charge on any atom is 0.258 e. The van der Waals surface area contributed by atoms with E-state index in [4.69, 9.17) is 0 Å². The largest absolute Gasteiger partial charge is 0.322 e. The van der Waals surface area contributed by atoms with Gasteiger partial charge in [0.1, 0.15) is 11.6 Å². The molecule has 0 heterocycles. The van der Waals surface area contributed by atoms with E-state index in [2.05, 4.69) is 5.32 Å². The number of anilines is 1. The normalized spacial score (nSPS) is 10.3. The van der Waals surface area contributed by atoms with Gasteiger partial charge in [-0.15, -0.1) is 0 Å². The van der Waals surface area contributed by atoms with Gasteiger partial charge in [-0.3, -0.25) is 9.59 Å². The number of rotatable bonds is 6. The van der Waals surface area contributed by atoms with E-state index in [0.717, 1.165) is 6.42 Å². The van der Waals surface area contributed by atoms with Gasteiger partial charge in [0.2, 0.25) is 0 Å². The third-order valence-corrected chi connectivity index (χ3v) is 3.28. The van der Waals surface area contributed by atoms with Gasteiger partial charge in [0.25, 0.3) is 5.91 Å². The number of Topliss-reactive ketones (excluding diaryl/α,β-unsaturated/α-hetero) is 1.